The van der Waals surface area contributed by atoms with Crippen LogP contribution in [0.15, 0.2) is 59.5 Å². The Morgan fingerprint density at radius 1 is 0.952 bits per heavy atom. The third-order valence-corrected chi connectivity index (χ3v) is 8.50. The number of rotatable bonds is 7. The van der Waals surface area contributed by atoms with Crippen LogP contribution in [0.2, 0.25) is 0 Å². The highest BCUT2D eigenvalue weighted by Gasteiger charge is 2.39. The number of carbonyl (C=O) groups is 3. The average Bonchev–Trinajstić information content (AvgIpc) is 2.96. The molecule has 0 bridgehead atoms. The molecule has 2 N–H and O–H groups in total. The topological polar surface area (TPSA) is 143 Å². The zero-order chi connectivity index (χ0) is 30.5. The maximum absolute atomic E-state index is 13.0. The molecule has 42 heavy (non-hydrogen) atoms. The van der Waals surface area contributed by atoms with Crippen LogP contribution >= 0.6 is 0 Å². The van der Waals surface area contributed by atoms with E-state index in [9.17, 15) is 41.1 Å². The van der Waals surface area contributed by atoms with Gasteiger partial charge < -0.3 is 20.1 Å². The van der Waals surface area contributed by atoms with Gasteiger partial charge in [0.25, 0.3) is 10.1 Å². The molecular weight excluding hydrogens is 583 g/mol. The number of carboxylic acid groups (broad SMARTS) is 1. The molecule has 2 aliphatic rings. The van der Waals surface area contributed by atoms with E-state index in [-0.39, 0.29) is 25.5 Å². The summed E-state index contributed by atoms with van der Waals surface area (Å²) in [5.41, 5.74) is -0.174. The number of hydrogen-bond acceptors (Lipinski definition) is 7. The van der Waals surface area contributed by atoms with E-state index in [1.165, 1.54) is 4.90 Å². The maximum Gasteiger partial charge on any atom is 0.416 e. The molecule has 0 saturated carbocycles. The number of likely N-dealkylation sites (tertiary alicyclic amines) is 2. The number of alkyl halides is 3. The first-order valence-electron chi connectivity index (χ1n) is 13.2. The van der Waals surface area contributed by atoms with Crippen LogP contribution in [-0.4, -0.2) is 79.2 Å². The Morgan fingerprint density at radius 2 is 1.60 bits per heavy atom. The number of carbonyl (C=O) groups excluding carboxylic acids is 2. The number of ether oxygens (including phenoxy) is 1. The van der Waals surface area contributed by atoms with E-state index < -0.39 is 63.5 Å². The van der Waals surface area contributed by atoms with Crippen molar-refractivity contribution < 1.29 is 50.0 Å². The van der Waals surface area contributed by atoms with Gasteiger partial charge in [0, 0.05) is 19.1 Å². The van der Waals surface area contributed by atoms with Gasteiger partial charge in [0.15, 0.2) is 0 Å². The molecule has 0 aromatic heterocycles. The van der Waals surface area contributed by atoms with E-state index in [4.69, 9.17) is 8.92 Å². The summed E-state index contributed by atoms with van der Waals surface area (Å²) in [5.74, 6) is -0.549. The summed E-state index contributed by atoms with van der Waals surface area (Å²) in [4.78, 5) is 39.2. The van der Waals surface area contributed by atoms with E-state index in [1.807, 2.05) is 30.3 Å². The molecule has 228 valence electrons. The molecule has 2 saturated heterocycles. The van der Waals surface area contributed by atoms with Gasteiger partial charge in [0.2, 0.25) is 5.91 Å². The summed E-state index contributed by atoms with van der Waals surface area (Å²) >= 11 is 0. The first-order chi connectivity index (χ1) is 19.8. The van der Waals surface area contributed by atoms with E-state index in [2.05, 4.69) is 5.32 Å². The highest BCUT2D eigenvalue weighted by Crippen LogP contribution is 2.31. The molecule has 4 rings (SSSR count). The summed E-state index contributed by atoms with van der Waals surface area (Å²) in [5, 5.41) is 12.5. The van der Waals surface area contributed by atoms with Crippen molar-refractivity contribution >= 4 is 28.2 Å². The molecule has 2 fully saturated rings. The Balaban J connectivity index is 1.27. The Morgan fingerprint density at radius 3 is 2.19 bits per heavy atom. The quantitative estimate of drug-likeness (QED) is 0.449. The minimum atomic E-state index is -4.64. The van der Waals surface area contributed by atoms with Crippen molar-refractivity contribution in [2.45, 2.75) is 61.5 Å². The molecule has 2 aliphatic heterocycles. The van der Waals surface area contributed by atoms with Crippen molar-refractivity contribution in [1.82, 2.24) is 15.1 Å². The number of nitrogens with one attached hydrogen (secondary N) is 1. The van der Waals surface area contributed by atoms with Gasteiger partial charge in [0.1, 0.15) is 12.6 Å². The molecule has 0 unspecified atom stereocenters. The Bertz CT molecular complexity index is 1370. The van der Waals surface area contributed by atoms with E-state index >= 15 is 0 Å². The summed E-state index contributed by atoms with van der Waals surface area (Å²) < 4.78 is 74.1. The number of benzene rings is 2. The lowest BCUT2D eigenvalue weighted by Crippen LogP contribution is -2.57. The normalized spacial score (nSPS) is 20.2. The van der Waals surface area contributed by atoms with Crippen LogP contribution in [-0.2, 0) is 36.6 Å². The van der Waals surface area contributed by atoms with Crippen molar-refractivity contribution in [3.8, 4) is 0 Å². The molecule has 11 nitrogen and oxygen atoms in total. The van der Waals surface area contributed by atoms with Gasteiger partial charge in [-0.3, -0.25) is 13.9 Å². The van der Waals surface area contributed by atoms with Gasteiger partial charge >= 0.3 is 18.4 Å². The van der Waals surface area contributed by atoms with Crippen LogP contribution < -0.4 is 5.32 Å². The molecule has 0 aliphatic carbocycles. The molecule has 0 radical (unpaired) electrons. The van der Waals surface area contributed by atoms with Crippen LogP contribution in [0.3, 0.4) is 0 Å². The maximum atomic E-state index is 13.0. The van der Waals surface area contributed by atoms with Crippen molar-refractivity contribution in [2.24, 2.45) is 0 Å². The molecule has 2 aromatic carbocycles. The summed E-state index contributed by atoms with van der Waals surface area (Å²) in [6.45, 7) is 0.381. The first-order valence-corrected chi connectivity index (χ1v) is 14.6. The van der Waals surface area contributed by atoms with Gasteiger partial charge in [-0.1, -0.05) is 30.3 Å². The monoisotopic (exact) mass is 613 g/mol. The average molecular weight is 614 g/mol. The van der Waals surface area contributed by atoms with Crippen molar-refractivity contribution in [1.29, 1.82) is 0 Å². The molecule has 15 heteroatoms. The Labute approximate surface area is 240 Å². The molecule has 2 heterocycles. The van der Waals surface area contributed by atoms with Crippen LogP contribution in [0, 0.1) is 0 Å². The third-order valence-electron chi connectivity index (χ3n) is 7.12. The van der Waals surface area contributed by atoms with E-state index in [0.717, 1.165) is 22.6 Å². The van der Waals surface area contributed by atoms with Crippen LogP contribution in [0.5, 0.6) is 0 Å². The standard InChI is InChI=1S/C27H30F3N3O8S/c28-27(29,30)19-6-9-22(10-7-19)42(38,39)41-21-8-11-23(33(16-21)25(35)36)24(34)31-20-12-14-32(15-13-20)26(37)40-17-18-4-2-1-3-5-18/h1-7,9-10,20-21,23H,8,11-17H2,(H,31,34)(H,35,36)/t21-,23-/m0/s1. The largest absolute Gasteiger partial charge is 0.465 e. The Hall–Kier alpha value is -3.85. The minimum absolute atomic E-state index is 0.0213. The second kappa shape index (κ2) is 13.0. The zero-order valence-electron chi connectivity index (χ0n) is 22.3. The van der Waals surface area contributed by atoms with Crippen LogP contribution in [0.1, 0.15) is 36.8 Å². The second-order valence-electron chi connectivity index (χ2n) is 10.0. The number of nitrogens with zero attached hydrogens (tertiary/aromatic N) is 2. The molecule has 3 amide bonds. The van der Waals surface area contributed by atoms with E-state index in [0.29, 0.717) is 38.1 Å². The van der Waals surface area contributed by atoms with Gasteiger partial charge in [-0.15, -0.1) is 0 Å². The highest BCUT2D eigenvalue weighted by atomic mass is 32.2. The van der Waals surface area contributed by atoms with Gasteiger partial charge in [-0.2, -0.15) is 21.6 Å². The van der Waals surface area contributed by atoms with Crippen LogP contribution in [0.25, 0.3) is 0 Å². The lowest BCUT2D eigenvalue weighted by Gasteiger charge is -2.38. The predicted molar refractivity (Wildman–Crippen MR) is 141 cm³/mol. The third kappa shape index (κ3) is 7.91. The van der Waals surface area contributed by atoms with E-state index in [1.54, 1.807) is 0 Å². The van der Waals surface area contributed by atoms with Crippen molar-refractivity contribution in [3.05, 3.63) is 65.7 Å². The number of hydrogen-bond donors (Lipinski definition) is 2. The highest BCUT2D eigenvalue weighted by molar-refractivity contribution is 7.86. The Kier molecular flexibility index (Phi) is 9.61. The number of piperidine rings is 2. The number of halogens is 3. The lowest BCUT2D eigenvalue weighted by molar-refractivity contribution is -0.137. The fraction of sp³-hybridized carbons (Fsp3) is 0.444. The lowest BCUT2D eigenvalue weighted by atomic mass is 9.98. The van der Waals surface area contributed by atoms with Crippen molar-refractivity contribution in [3.63, 3.8) is 0 Å². The minimum Gasteiger partial charge on any atom is -0.465 e. The smallest absolute Gasteiger partial charge is 0.416 e. The van der Waals surface area contributed by atoms with Gasteiger partial charge in [-0.25, -0.2) is 9.59 Å². The van der Waals surface area contributed by atoms with Crippen LogP contribution in [0.4, 0.5) is 22.8 Å². The van der Waals surface area contributed by atoms with Gasteiger partial charge in [-0.05, 0) is 55.5 Å². The number of amides is 3. The first kappa shape index (κ1) is 31.1. The van der Waals surface area contributed by atoms with Gasteiger partial charge in [0.05, 0.1) is 23.1 Å². The fourth-order valence-corrected chi connectivity index (χ4v) is 5.96. The molecule has 0 spiro atoms. The SMILES string of the molecule is O=C(NC1CCN(C(=O)OCc2ccccc2)CC1)[C@@H]1CC[C@H](OS(=O)(=O)c2ccc(C(F)(F)F)cc2)CN1C(=O)O. The van der Waals surface area contributed by atoms with Crippen molar-refractivity contribution in [2.75, 3.05) is 19.6 Å². The molecular formula is C27H30F3N3O8S. The summed E-state index contributed by atoms with van der Waals surface area (Å²) in [6.07, 6.45) is -6.84. The fourth-order valence-electron chi connectivity index (χ4n) is 4.86. The predicted octanol–water partition coefficient (Wildman–Crippen LogP) is 3.84. The molecule has 2 aromatic rings. The zero-order valence-corrected chi connectivity index (χ0v) is 23.1. The second-order valence-corrected chi connectivity index (χ2v) is 11.6. The summed E-state index contributed by atoms with van der Waals surface area (Å²) in [7, 11) is -4.49. The molecule has 2 atom stereocenters. The summed E-state index contributed by atoms with van der Waals surface area (Å²) in [6, 6.07) is 10.6.